The molecule has 0 spiro atoms. The van der Waals surface area contributed by atoms with Gasteiger partial charge in [-0.3, -0.25) is 4.79 Å². The molecule has 1 heterocycles. The lowest BCUT2D eigenvalue weighted by Crippen LogP contribution is -2.04. The van der Waals surface area contributed by atoms with E-state index in [-0.39, 0.29) is 5.78 Å². The lowest BCUT2D eigenvalue weighted by molar-refractivity contribution is 0.101. The third-order valence-electron chi connectivity index (χ3n) is 2.66. The van der Waals surface area contributed by atoms with Gasteiger partial charge < -0.3 is 0 Å². The smallest absolute Gasteiger partial charge is 0.161 e. The van der Waals surface area contributed by atoms with Crippen LogP contribution in [0.2, 0.25) is 0 Å². The number of aryl methyl sites for hydroxylation is 1. The summed E-state index contributed by atoms with van der Waals surface area (Å²) in [6.45, 7) is 4.13. The van der Waals surface area contributed by atoms with Crippen molar-refractivity contribution in [2.45, 2.75) is 26.8 Å². The van der Waals surface area contributed by atoms with Crippen molar-refractivity contribution in [2.24, 2.45) is 0 Å². The number of aromatic nitrogens is 3. The fourth-order valence-electron chi connectivity index (χ4n) is 1.76. The lowest BCUT2D eigenvalue weighted by atomic mass is 10.1. The molecule has 0 N–H and O–H groups in total. The van der Waals surface area contributed by atoms with Gasteiger partial charge in [0.1, 0.15) is 12.1 Å². The molecule has 0 amide bonds. The molecule has 0 unspecified atom stereocenters. The van der Waals surface area contributed by atoms with E-state index in [1.165, 1.54) is 31.5 Å². The quantitative estimate of drug-likeness (QED) is 0.780. The molecule has 0 saturated heterocycles. The average Bonchev–Trinajstić information content (AvgIpc) is 2.78. The molecular formula is C13H14FN3O. The van der Waals surface area contributed by atoms with E-state index in [0.717, 1.165) is 6.42 Å². The SMILES string of the molecule is CCCn1ncnc1-c1cc(C(C)=O)ccc1F. The van der Waals surface area contributed by atoms with E-state index in [9.17, 15) is 9.18 Å². The number of carbonyl (C=O) groups excluding carboxylic acids is 1. The average molecular weight is 247 g/mol. The number of hydrogen-bond donors (Lipinski definition) is 0. The first-order valence-electron chi connectivity index (χ1n) is 5.82. The molecule has 18 heavy (non-hydrogen) atoms. The van der Waals surface area contributed by atoms with Crippen molar-refractivity contribution in [3.63, 3.8) is 0 Å². The summed E-state index contributed by atoms with van der Waals surface area (Å²) in [5.41, 5.74) is 0.783. The number of carbonyl (C=O) groups is 1. The number of hydrogen-bond acceptors (Lipinski definition) is 3. The van der Waals surface area contributed by atoms with Gasteiger partial charge >= 0.3 is 0 Å². The topological polar surface area (TPSA) is 47.8 Å². The van der Waals surface area contributed by atoms with E-state index < -0.39 is 5.82 Å². The molecule has 0 bridgehead atoms. The van der Waals surface area contributed by atoms with Crippen molar-refractivity contribution in [1.29, 1.82) is 0 Å². The van der Waals surface area contributed by atoms with E-state index in [0.29, 0.717) is 23.5 Å². The summed E-state index contributed by atoms with van der Waals surface area (Å²) in [7, 11) is 0. The van der Waals surface area contributed by atoms with Gasteiger partial charge in [-0.1, -0.05) is 6.92 Å². The molecule has 1 aromatic heterocycles. The van der Waals surface area contributed by atoms with Crippen LogP contribution in [0.3, 0.4) is 0 Å². The molecule has 0 aliphatic carbocycles. The minimum absolute atomic E-state index is 0.0993. The maximum Gasteiger partial charge on any atom is 0.161 e. The minimum Gasteiger partial charge on any atom is -0.295 e. The lowest BCUT2D eigenvalue weighted by Gasteiger charge is -2.06. The minimum atomic E-state index is -0.398. The Labute approximate surface area is 104 Å². The van der Waals surface area contributed by atoms with Crippen LogP contribution < -0.4 is 0 Å². The Hall–Kier alpha value is -2.04. The Morgan fingerprint density at radius 3 is 2.89 bits per heavy atom. The van der Waals surface area contributed by atoms with Crippen molar-refractivity contribution in [3.05, 3.63) is 35.9 Å². The van der Waals surface area contributed by atoms with Crippen molar-refractivity contribution in [2.75, 3.05) is 0 Å². The Bertz CT molecular complexity index is 577. The first-order valence-corrected chi connectivity index (χ1v) is 5.82. The van der Waals surface area contributed by atoms with Gasteiger partial charge in [0.15, 0.2) is 11.6 Å². The highest BCUT2D eigenvalue weighted by Gasteiger charge is 2.13. The van der Waals surface area contributed by atoms with Crippen LogP contribution in [0.5, 0.6) is 0 Å². The van der Waals surface area contributed by atoms with Crippen molar-refractivity contribution >= 4 is 5.78 Å². The highest BCUT2D eigenvalue weighted by atomic mass is 19.1. The van der Waals surface area contributed by atoms with E-state index in [1.54, 1.807) is 4.68 Å². The molecule has 0 aliphatic heterocycles. The standard InChI is InChI=1S/C13H14FN3O/c1-3-6-17-13(15-8-16-17)11-7-10(9(2)18)4-5-12(11)14/h4-5,7-8H,3,6H2,1-2H3. The zero-order chi connectivity index (χ0) is 13.1. The number of halogens is 1. The van der Waals surface area contributed by atoms with Crippen LogP contribution in [0.15, 0.2) is 24.5 Å². The normalized spacial score (nSPS) is 10.6. The van der Waals surface area contributed by atoms with Crippen LogP contribution in [0.4, 0.5) is 4.39 Å². The van der Waals surface area contributed by atoms with E-state index in [1.807, 2.05) is 6.92 Å². The van der Waals surface area contributed by atoms with Gasteiger partial charge in [-0.05, 0) is 31.5 Å². The molecule has 0 fully saturated rings. The summed E-state index contributed by atoms with van der Waals surface area (Å²) >= 11 is 0. The van der Waals surface area contributed by atoms with Crippen LogP contribution >= 0.6 is 0 Å². The molecule has 5 heteroatoms. The first-order chi connectivity index (χ1) is 8.63. The fraction of sp³-hybridized carbons (Fsp3) is 0.308. The predicted octanol–water partition coefficient (Wildman–Crippen LogP) is 2.70. The Morgan fingerprint density at radius 2 is 2.22 bits per heavy atom. The van der Waals surface area contributed by atoms with Gasteiger partial charge in [0.2, 0.25) is 0 Å². The first kappa shape index (κ1) is 12.4. The Morgan fingerprint density at radius 1 is 1.44 bits per heavy atom. The predicted molar refractivity (Wildman–Crippen MR) is 65.7 cm³/mol. The molecule has 94 valence electrons. The molecule has 2 rings (SSSR count). The number of Topliss-reactive ketones (excluding diaryl/α,β-unsaturated/α-hetero) is 1. The van der Waals surface area contributed by atoms with Gasteiger partial charge in [-0.2, -0.15) is 5.10 Å². The monoisotopic (exact) mass is 247 g/mol. The van der Waals surface area contributed by atoms with Gasteiger partial charge in [0.25, 0.3) is 0 Å². The largest absolute Gasteiger partial charge is 0.295 e. The summed E-state index contributed by atoms with van der Waals surface area (Å²) in [5, 5.41) is 4.05. The molecule has 0 saturated carbocycles. The maximum atomic E-state index is 13.8. The maximum absolute atomic E-state index is 13.8. The number of nitrogens with zero attached hydrogens (tertiary/aromatic N) is 3. The summed E-state index contributed by atoms with van der Waals surface area (Å²) in [4.78, 5) is 15.4. The molecule has 4 nitrogen and oxygen atoms in total. The molecule has 0 aliphatic rings. The Balaban J connectivity index is 2.52. The van der Waals surface area contributed by atoms with Crippen LogP contribution in [-0.4, -0.2) is 20.5 Å². The zero-order valence-electron chi connectivity index (χ0n) is 10.4. The second kappa shape index (κ2) is 5.08. The van der Waals surface area contributed by atoms with Crippen molar-refractivity contribution in [3.8, 4) is 11.4 Å². The Kier molecular flexibility index (Phi) is 3.50. The molecule has 0 radical (unpaired) electrons. The summed E-state index contributed by atoms with van der Waals surface area (Å²) in [5.74, 6) is -0.0411. The van der Waals surface area contributed by atoms with Crippen LogP contribution in [0.1, 0.15) is 30.6 Å². The van der Waals surface area contributed by atoms with E-state index in [4.69, 9.17) is 0 Å². The van der Waals surface area contributed by atoms with Gasteiger partial charge in [-0.25, -0.2) is 14.1 Å². The summed E-state index contributed by atoms with van der Waals surface area (Å²) in [6.07, 6.45) is 2.27. The second-order valence-electron chi connectivity index (χ2n) is 4.06. The van der Waals surface area contributed by atoms with Gasteiger partial charge in [0, 0.05) is 12.1 Å². The zero-order valence-corrected chi connectivity index (χ0v) is 10.4. The van der Waals surface area contributed by atoms with E-state index in [2.05, 4.69) is 10.1 Å². The van der Waals surface area contributed by atoms with Crippen LogP contribution in [0, 0.1) is 5.82 Å². The summed E-state index contributed by atoms with van der Waals surface area (Å²) in [6, 6.07) is 4.28. The van der Waals surface area contributed by atoms with Gasteiger partial charge in [-0.15, -0.1) is 0 Å². The fourth-order valence-corrected chi connectivity index (χ4v) is 1.76. The molecule has 0 atom stereocenters. The number of rotatable bonds is 4. The summed E-state index contributed by atoms with van der Waals surface area (Å²) < 4.78 is 15.5. The van der Waals surface area contributed by atoms with Crippen LogP contribution in [-0.2, 0) is 6.54 Å². The highest BCUT2D eigenvalue weighted by Crippen LogP contribution is 2.22. The molecule has 1 aromatic carbocycles. The molecular weight excluding hydrogens is 233 g/mol. The van der Waals surface area contributed by atoms with Crippen molar-refractivity contribution < 1.29 is 9.18 Å². The van der Waals surface area contributed by atoms with Gasteiger partial charge in [0.05, 0.1) is 5.56 Å². The van der Waals surface area contributed by atoms with Crippen molar-refractivity contribution in [1.82, 2.24) is 14.8 Å². The third-order valence-corrected chi connectivity index (χ3v) is 2.66. The second-order valence-corrected chi connectivity index (χ2v) is 4.06. The highest BCUT2D eigenvalue weighted by molar-refractivity contribution is 5.95. The number of benzene rings is 1. The number of ketones is 1. The molecule has 2 aromatic rings. The van der Waals surface area contributed by atoms with Crippen LogP contribution in [0.25, 0.3) is 11.4 Å². The van der Waals surface area contributed by atoms with E-state index >= 15 is 0 Å². The third kappa shape index (κ3) is 2.30.